The van der Waals surface area contributed by atoms with Crippen LogP contribution < -0.4 is 0 Å². The van der Waals surface area contributed by atoms with Crippen LogP contribution in [0.15, 0.2) is 0 Å². The minimum atomic E-state index is 0.847. The third-order valence-electron chi connectivity index (χ3n) is 4.75. The van der Waals surface area contributed by atoms with Crippen LogP contribution in [0.5, 0.6) is 0 Å². The van der Waals surface area contributed by atoms with Crippen LogP contribution >= 0.6 is 0 Å². The van der Waals surface area contributed by atoms with Gasteiger partial charge in [0, 0.05) is 0 Å². The predicted octanol–water partition coefficient (Wildman–Crippen LogP) is 4.60. The van der Waals surface area contributed by atoms with E-state index in [1.165, 1.54) is 12.8 Å². The van der Waals surface area contributed by atoms with Gasteiger partial charge in [-0.05, 0) is 35.5 Å². The summed E-state index contributed by atoms with van der Waals surface area (Å²) in [5.41, 5.74) is 0. The first-order chi connectivity index (χ1) is 6.50. The Hall–Kier alpha value is 0. The zero-order valence-corrected chi connectivity index (χ0v) is 10.9. The maximum Gasteiger partial charge on any atom is -0.0326 e. The fraction of sp³-hybridized carbons (Fsp3) is 1.00. The molecule has 1 rings (SSSR count). The topological polar surface area (TPSA) is 0 Å². The lowest BCUT2D eigenvalue weighted by Crippen LogP contribution is -2.17. The second kappa shape index (κ2) is 4.68. The van der Waals surface area contributed by atoms with Crippen LogP contribution in [0.4, 0.5) is 0 Å². The Morgan fingerprint density at radius 1 is 1.07 bits per heavy atom. The Labute approximate surface area is 90.5 Å². The van der Waals surface area contributed by atoms with E-state index in [0.29, 0.717) is 0 Å². The smallest absolute Gasteiger partial charge is 0.0326 e. The summed E-state index contributed by atoms with van der Waals surface area (Å²) in [6.07, 6.45) is 2.83. The summed E-state index contributed by atoms with van der Waals surface area (Å²) >= 11 is 0. The Morgan fingerprint density at radius 2 is 1.64 bits per heavy atom. The molecule has 0 aromatic rings. The summed E-state index contributed by atoms with van der Waals surface area (Å²) in [6, 6.07) is 0. The highest BCUT2D eigenvalue weighted by Gasteiger charge is 2.49. The molecule has 0 nitrogen and oxygen atoms in total. The molecule has 0 spiro atoms. The molecular formula is C14H28. The highest BCUT2D eigenvalue weighted by Crippen LogP contribution is 2.55. The number of hydrogen-bond donors (Lipinski definition) is 0. The molecule has 0 radical (unpaired) electrons. The van der Waals surface area contributed by atoms with E-state index in [0.717, 1.165) is 35.5 Å². The Balaban J connectivity index is 2.43. The Morgan fingerprint density at radius 3 is 2.07 bits per heavy atom. The lowest BCUT2D eigenvalue weighted by molar-refractivity contribution is 0.253. The van der Waals surface area contributed by atoms with Gasteiger partial charge in [-0.15, -0.1) is 0 Å². The monoisotopic (exact) mass is 196 g/mol. The third-order valence-corrected chi connectivity index (χ3v) is 4.75. The largest absolute Gasteiger partial charge is 0.0654 e. The maximum absolute atomic E-state index is 2.47. The van der Waals surface area contributed by atoms with Gasteiger partial charge in [-0.1, -0.05) is 54.4 Å². The highest BCUT2D eigenvalue weighted by molar-refractivity contribution is 4.97. The van der Waals surface area contributed by atoms with E-state index in [1.54, 1.807) is 0 Å². The summed E-state index contributed by atoms with van der Waals surface area (Å²) in [5, 5.41) is 0. The minimum absolute atomic E-state index is 0.847. The first-order valence-electron chi connectivity index (χ1n) is 6.50. The van der Waals surface area contributed by atoms with Gasteiger partial charge in [-0.2, -0.15) is 0 Å². The molecular weight excluding hydrogens is 168 g/mol. The summed E-state index contributed by atoms with van der Waals surface area (Å²) in [6.45, 7) is 14.4. The van der Waals surface area contributed by atoms with Gasteiger partial charge in [0.1, 0.15) is 0 Å². The van der Waals surface area contributed by atoms with E-state index in [4.69, 9.17) is 0 Å². The van der Waals surface area contributed by atoms with Crippen molar-refractivity contribution in [2.45, 2.75) is 54.4 Å². The van der Waals surface area contributed by atoms with Crippen LogP contribution in [-0.4, -0.2) is 0 Å². The van der Waals surface area contributed by atoms with Crippen LogP contribution in [0.3, 0.4) is 0 Å². The average Bonchev–Trinajstić information content (AvgIpc) is 2.75. The predicted molar refractivity (Wildman–Crippen MR) is 64.2 cm³/mol. The fourth-order valence-corrected chi connectivity index (χ4v) is 3.19. The van der Waals surface area contributed by atoms with E-state index < -0.39 is 0 Å². The van der Waals surface area contributed by atoms with Crippen molar-refractivity contribution < 1.29 is 0 Å². The SMILES string of the molecule is CCCC1C(C)C1C(C)C(C)C(C)C. The van der Waals surface area contributed by atoms with Crippen molar-refractivity contribution in [3.63, 3.8) is 0 Å². The van der Waals surface area contributed by atoms with E-state index in [9.17, 15) is 0 Å². The molecule has 1 aliphatic rings. The van der Waals surface area contributed by atoms with Crippen molar-refractivity contribution in [1.29, 1.82) is 0 Å². The summed E-state index contributed by atoms with van der Waals surface area (Å²) in [4.78, 5) is 0. The lowest BCUT2D eigenvalue weighted by atomic mass is 9.82. The van der Waals surface area contributed by atoms with Crippen molar-refractivity contribution >= 4 is 0 Å². The van der Waals surface area contributed by atoms with Crippen molar-refractivity contribution in [3.8, 4) is 0 Å². The molecule has 5 unspecified atom stereocenters. The normalized spacial score (nSPS) is 35.8. The zero-order chi connectivity index (χ0) is 10.9. The van der Waals surface area contributed by atoms with Crippen molar-refractivity contribution in [1.82, 2.24) is 0 Å². The van der Waals surface area contributed by atoms with Crippen LogP contribution in [0.2, 0.25) is 0 Å². The number of rotatable bonds is 5. The van der Waals surface area contributed by atoms with Crippen molar-refractivity contribution in [3.05, 3.63) is 0 Å². The zero-order valence-electron chi connectivity index (χ0n) is 10.9. The molecule has 0 aromatic carbocycles. The van der Waals surface area contributed by atoms with Gasteiger partial charge >= 0.3 is 0 Å². The molecule has 1 fully saturated rings. The van der Waals surface area contributed by atoms with Gasteiger partial charge in [0.25, 0.3) is 0 Å². The van der Waals surface area contributed by atoms with Crippen LogP contribution in [0, 0.1) is 35.5 Å². The first kappa shape index (κ1) is 12.1. The van der Waals surface area contributed by atoms with Gasteiger partial charge in [0.15, 0.2) is 0 Å². The number of hydrogen-bond acceptors (Lipinski definition) is 0. The summed E-state index contributed by atoms with van der Waals surface area (Å²) in [5.74, 6) is 5.76. The van der Waals surface area contributed by atoms with E-state index in [-0.39, 0.29) is 0 Å². The molecule has 5 atom stereocenters. The quantitative estimate of drug-likeness (QED) is 0.603. The Kier molecular flexibility index (Phi) is 4.04. The second-order valence-corrected chi connectivity index (χ2v) is 5.85. The third kappa shape index (κ3) is 2.32. The van der Waals surface area contributed by atoms with Gasteiger partial charge < -0.3 is 0 Å². The average molecular weight is 196 g/mol. The second-order valence-electron chi connectivity index (χ2n) is 5.85. The molecule has 0 saturated heterocycles. The molecule has 0 N–H and O–H groups in total. The van der Waals surface area contributed by atoms with Crippen LogP contribution in [0.25, 0.3) is 0 Å². The highest BCUT2D eigenvalue weighted by atomic mass is 14.5. The molecule has 0 amide bonds. The van der Waals surface area contributed by atoms with Gasteiger partial charge in [-0.3, -0.25) is 0 Å². The molecule has 14 heavy (non-hydrogen) atoms. The summed E-state index contributed by atoms with van der Waals surface area (Å²) < 4.78 is 0. The van der Waals surface area contributed by atoms with Crippen LogP contribution in [0.1, 0.15) is 54.4 Å². The fourth-order valence-electron chi connectivity index (χ4n) is 3.19. The first-order valence-corrected chi connectivity index (χ1v) is 6.50. The maximum atomic E-state index is 2.47. The molecule has 1 saturated carbocycles. The molecule has 84 valence electrons. The van der Waals surface area contributed by atoms with E-state index >= 15 is 0 Å². The van der Waals surface area contributed by atoms with Crippen molar-refractivity contribution in [2.24, 2.45) is 35.5 Å². The Bertz CT molecular complexity index is 171. The molecule has 1 aliphatic carbocycles. The van der Waals surface area contributed by atoms with Gasteiger partial charge in [0.2, 0.25) is 0 Å². The molecule has 0 aromatic heterocycles. The van der Waals surface area contributed by atoms with Gasteiger partial charge in [-0.25, -0.2) is 0 Å². The van der Waals surface area contributed by atoms with Crippen molar-refractivity contribution in [2.75, 3.05) is 0 Å². The molecule has 0 heteroatoms. The van der Waals surface area contributed by atoms with E-state index in [2.05, 4.69) is 41.5 Å². The van der Waals surface area contributed by atoms with Crippen LogP contribution in [-0.2, 0) is 0 Å². The standard InChI is InChI=1S/C14H28/c1-7-8-13-12(6)14(13)11(5)10(4)9(2)3/h9-14H,7-8H2,1-6H3. The molecule has 0 heterocycles. The molecule has 0 aliphatic heterocycles. The molecule has 0 bridgehead atoms. The minimum Gasteiger partial charge on any atom is -0.0654 e. The van der Waals surface area contributed by atoms with E-state index in [1.807, 2.05) is 0 Å². The van der Waals surface area contributed by atoms with Gasteiger partial charge in [0.05, 0.1) is 0 Å². The lowest BCUT2D eigenvalue weighted by Gasteiger charge is -2.24. The summed E-state index contributed by atoms with van der Waals surface area (Å²) in [7, 11) is 0.